The van der Waals surface area contributed by atoms with Crippen LogP contribution >= 0.6 is 0 Å². The number of amides is 1. The van der Waals surface area contributed by atoms with E-state index >= 15 is 0 Å². The largest absolute Gasteiger partial charge is 0.481 e. The minimum Gasteiger partial charge on any atom is -0.481 e. The number of ether oxygens (including phenoxy) is 1. The number of hydrogen-bond donors (Lipinski definition) is 1. The van der Waals surface area contributed by atoms with Gasteiger partial charge in [-0.1, -0.05) is 12.2 Å². The van der Waals surface area contributed by atoms with E-state index in [9.17, 15) is 14.7 Å². The molecule has 0 aromatic rings. The van der Waals surface area contributed by atoms with Crippen molar-refractivity contribution in [2.75, 3.05) is 26.3 Å². The van der Waals surface area contributed by atoms with Crippen molar-refractivity contribution in [1.29, 1.82) is 0 Å². The summed E-state index contributed by atoms with van der Waals surface area (Å²) in [6.45, 7) is 1.82. The maximum absolute atomic E-state index is 12.4. The number of carbonyl (C=O) groups excluding carboxylic acids is 1. The van der Waals surface area contributed by atoms with Crippen molar-refractivity contribution in [3.8, 4) is 0 Å². The summed E-state index contributed by atoms with van der Waals surface area (Å²) in [6, 6.07) is 0. The first-order valence-corrected chi connectivity index (χ1v) is 7.37. The molecule has 0 aromatic heterocycles. The molecule has 5 nitrogen and oxygen atoms in total. The molecule has 2 saturated heterocycles. The summed E-state index contributed by atoms with van der Waals surface area (Å²) in [7, 11) is 0. The van der Waals surface area contributed by atoms with Crippen LogP contribution in [0.25, 0.3) is 0 Å². The van der Waals surface area contributed by atoms with Crippen LogP contribution in [0, 0.1) is 17.3 Å². The van der Waals surface area contributed by atoms with Gasteiger partial charge in [0.15, 0.2) is 0 Å². The molecule has 2 heterocycles. The Hall–Kier alpha value is -1.36. The van der Waals surface area contributed by atoms with Gasteiger partial charge in [0.1, 0.15) is 0 Å². The molecule has 0 saturated carbocycles. The number of likely N-dealkylation sites (tertiary alicyclic amines) is 1. The first-order chi connectivity index (χ1) is 9.62. The van der Waals surface area contributed by atoms with E-state index < -0.39 is 11.4 Å². The van der Waals surface area contributed by atoms with Crippen LogP contribution in [0.1, 0.15) is 25.7 Å². The summed E-state index contributed by atoms with van der Waals surface area (Å²) in [4.78, 5) is 25.8. The molecule has 3 rings (SSSR count). The van der Waals surface area contributed by atoms with Crippen molar-refractivity contribution in [2.45, 2.75) is 25.7 Å². The molecule has 110 valence electrons. The lowest BCUT2D eigenvalue weighted by Crippen LogP contribution is -2.45. The molecule has 2 fully saturated rings. The first-order valence-electron chi connectivity index (χ1n) is 7.37. The van der Waals surface area contributed by atoms with E-state index in [4.69, 9.17) is 4.74 Å². The lowest BCUT2D eigenvalue weighted by molar-refractivity contribution is -0.157. The SMILES string of the molecule is O=C(CC1C=CCC1)N1C[C@H]2COCC[C@@]2(C(=O)O)C1. The van der Waals surface area contributed by atoms with Gasteiger partial charge in [0.2, 0.25) is 5.91 Å². The predicted octanol–water partition coefficient (Wildman–Crippen LogP) is 1.29. The van der Waals surface area contributed by atoms with E-state index in [1.54, 1.807) is 4.90 Å². The Morgan fingerprint density at radius 3 is 2.95 bits per heavy atom. The van der Waals surface area contributed by atoms with Crippen molar-refractivity contribution in [3.05, 3.63) is 12.2 Å². The number of aliphatic carboxylic acids is 1. The molecule has 0 radical (unpaired) electrons. The summed E-state index contributed by atoms with van der Waals surface area (Å²) in [5, 5.41) is 9.58. The highest BCUT2D eigenvalue weighted by atomic mass is 16.5. The van der Waals surface area contributed by atoms with Gasteiger partial charge in [0.05, 0.1) is 12.0 Å². The topological polar surface area (TPSA) is 66.8 Å². The van der Waals surface area contributed by atoms with Gasteiger partial charge < -0.3 is 14.7 Å². The number of carbonyl (C=O) groups is 2. The average Bonchev–Trinajstić information content (AvgIpc) is 3.05. The molecule has 0 spiro atoms. The van der Waals surface area contributed by atoms with Crippen LogP contribution in [-0.4, -0.2) is 48.2 Å². The highest BCUT2D eigenvalue weighted by Crippen LogP contribution is 2.42. The molecule has 1 amide bonds. The Balaban J connectivity index is 1.68. The lowest BCUT2D eigenvalue weighted by atomic mass is 9.74. The number of rotatable bonds is 3. The summed E-state index contributed by atoms with van der Waals surface area (Å²) >= 11 is 0. The van der Waals surface area contributed by atoms with E-state index in [2.05, 4.69) is 12.2 Å². The molecule has 3 atom stereocenters. The van der Waals surface area contributed by atoms with E-state index in [-0.39, 0.29) is 11.8 Å². The Bertz CT molecular complexity index is 447. The summed E-state index contributed by atoms with van der Waals surface area (Å²) in [5.74, 6) is -0.405. The molecule has 2 aliphatic heterocycles. The van der Waals surface area contributed by atoms with Gasteiger partial charge in [-0.25, -0.2) is 0 Å². The van der Waals surface area contributed by atoms with Crippen LogP contribution in [0.5, 0.6) is 0 Å². The van der Waals surface area contributed by atoms with Gasteiger partial charge in [-0.15, -0.1) is 0 Å². The van der Waals surface area contributed by atoms with Gasteiger partial charge >= 0.3 is 5.97 Å². The van der Waals surface area contributed by atoms with Crippen LogP contribution < -0.4 is 0 Å². The molecule has 20 heavy (non-hydrogen) atoms. The number of carboxylic acid groups (broad SMARTS) is 1. The van der Waals surface area contributed by atoms with E-state index in [1.807, 2.05) is 0 Å². The standard InChI is InChI=1S/C15H21NO4/c17-13(7-11-3-1-2-4-11)16-8-12-9-20-6-5-15(12,10-16)14(18)19/h1,3,11-12H,2,4-10H2,(H,18,19)/t11?,12-,15+/m0/s1. The third kappa shape index (κ3) is 2.24. The summed E-state index contributed by atoms with van der Waals surface area (Å²) in [6.07, 6.45) is 7.34. The number of hydrogen-bond acceptors (Lipinski definition) is 3. The first kappa shape index (κ1) is 13.6. The fraction of sp³-hybridized carbons (Fsp3) is 0.733. The number of nitrogens with zero attached hydrogens (tertiary/aromatic N) is 1. The van der Waals surface area contributed by atoms with Crippen molar-refractivity contribution < 1.29 is 19.4 Å². The predicted molar refractivity (Wildman–Crippen MR) is 72.1 cm³/mol. The average molecular weight is 279 g/mol. The molecule has 1 unspecified atom stereocenters. The van der Waals surface area contributed by atoms with Crippen molar-refractivity contribution >= 4 is 11.9 Å². The minimum absolute atomic E-state index is 0.0585. The third-order valence-corrected chi connectivity index (χ3v) is 5.03. The second kappa shape index (κ2) is 5.20. The Morgan fingerprint density at radius 1 is 1.45 bits per heavy atom. The van der Waals surface area contributed by atoms with Crippen LogP contribution in [0.2, 0.25) is 0 Å². The van der Waals surface area contributed by atoms with Gasteiger partial charge in [-0.2, -0.15) is 0 Å². The number of allylic oxidation sites excluding steroid dienone is 2. The number of fused-ring (bicyclic) bond motifs is 1. The van der Waals surface area contributed by atoms with Crippen molar-refractivity contribution in [1.82, 2.24) is 4.90 Å². The highest BCUT2D eigenvalue weighted by molar-refractivity contribution is 5.81. The minimum atomic E-state index is -0.778. The second-order valence-corrected chi connectivity index (χ2v) is 6.23. The zero-order chi connectivity index (χ0) is 14.2. The normalized spacial score (nSPS) is 36.1. The van der Waals surface area contributed by atoms with E-state index in [1.165, 1.54) is 0 Å². The fourth-order valence-electron chi connectivity index (χ4n) is 3.71. The van der Waals surface area contributed by atoms with Gasteiger partial charge in [0.25, 0.3) is 0 Å². The Morgan fingerprint density at radius 2 is 2.30 bits per heavy atom. The molecular formula is C15H21NO4. The van der Waals surface area contributed by atoms with Gasteiger partial charge in [-0.05, 0) is 25.2 Å². The van der Waals surface area contributed by atoms with Crippen molar-refractivity contribution in [2.24, 2.45) is 17.3 Å². The molecule has 0 aromatic carbocycles. The summed E-state index contributed by atoms with van der Waals surface area (Å²) < 4.78 is 5.41. The van der Waals surface area contributed by atoms with Crippen LogP contribution in [0.3, 0.4) is 0 Å². The molecule has 5 heteroatoms. The Kier molecular flexibility index (Phi) is 3.54. The highest BCUT2D eigenvalue weighted by Gasteiger charge is 2.54. The second-order valence-electron chi connectivity index (χ2n) is 6.23. The van der Waals surface area contributed by atoms with Crippen LogP contribution in [0.15, 0.2) is 12.2 Å². The zero-order valence-electron chi connectivity index (χ0n) is 11.6. The molecule has 1 aliphatic carbocycles. The van der Waals surface area contributed by atoms with Gasteiger partial charge in [0, 0.05) is 32.0 Å². The molecule has 0 bridgehead atoms. The van der Waals surface area contributed by atoms with Crippen LogP contribution in [0.4, 0.5) is 0 Å². The molecule has 1 N–H and O–H groups in total. The Labute approximate surface area is 118 Å². The maximum atomic E-state index is 12.4. The maximum Gasteiger partial charge on any atom is 0.311 e. The summed E-state index contributed by atoms with van der Waals surface area (Å²) in [5.41, 5.74) is -0.778. The zero-order valence-corrected chi connectivity index (χ0v) is 11.6. The fourth-order valence-corrected chi connectivity index (χ4v) is 3.71. The van der Waals surface area contributed by atoms with Crippen molar-refractivity contribution in [3.63, 3.8) is 0 Å². The van der Waals surface area contributed by atoms with Crippen LogP contribution in [-0.2, 0) is 14.3 Å². The van der Waals surface area contributed by atoms with Gasteiger partial charge in [-0.3, -0.25) is 9.59 Å². The lowest BCUT2D eigenvalue weighted by Gasteiger charge is -2.33. The third-order valence-electron chi connectivity index (χ3n) is 5.03. The van der Waals surface area contributed by atoms with E-state index in [0.29, 0.717) is 45.1 Å². The number of carboxylic acids is 1. The van der Waals surface area contributed by atoms with E-state index in [0.717, 1.165) is 12.8 Å². The quantitative estimate of drug-likeness (QED) is 0.791. The molecular weight excluding hydrogens is 258 g/mol. The molecule has 3 aliphatic rings. The monoisotopic (exact) mass is 279 g/mol. The smallest absolute Gasteiger partial charge is 0.311 e.